The minimum Gasteiger partial charge on any atom is -0.872 e. The quantitative estimate of drug-likeness (QED) is 0.308. The monoisotopic (exact) mass is 502 g/mol. The Hall–Kier alpha value is -2.90. The van der Waals surface area contributed by atoms with Crippen LogP contribution in [0.1, 0.15) is 51.3 Å². The fraction of sp³-hybridized carbons (Fsp3) is 0.407. The first-order chi connectivity index (χ1) is 16.7. The Bertz CT molecular complexity index is 1100. The van der Waals surface area contributed by atoms with E-state index in [0.717, 1.165) is 25.7 Å². The molecule has 3 rings (SSSR count). The van der Waals surface area contributed by atoms with Crippen molar-refractivity contribution in [1.82, 2.24) is 4.90 Å². The lowest BCUT2D eigenvalue weighted by Gasteiger charge is -2.28. The van der Waals surface area contributed by atoms with Gasteiger partial charge in [-0.2, -0.15) is 0 Å². The maximum absolute atomic E-state index is 14.6. The van der Waals surface area contributed by atoms with E-state index in [9.17, 15) is 19.1 Å². The van der Waals surface area contributed by atoms with Crippen LogP contribution >= 0.6 is 11.6 Å². The van der Waals surface area contributed by atoms with Gasteiger partial charge in [0.2, 0.25) is 5.78 Å². The molecule has 1 heterocycles. The minimum absolute atomic E-state index is 0.0110. The molecule has 0 aromatic heterocycles. The molecule has 0 bridgehead atoms. The number of ketones is 1. The minimum atomic E-state index is -0.860. The van der Waals surface area contributed by atoms with Gasteiger partial charge in [0.1, 0.15) is 0 Å². The summed E-state index contributed by atoms with van der Waals surface area (Å²) in [4.78, 5) is 29.0. The molecule has 0 aliphatic carbocycles. The zero-order chi connectivity index (χ0) is 25.7. The fourth-order valence-corrected chi connectivity index (χ4v) is 4.47. The number of rotatable bonds is 10. The lowest BCUT2D eigenvalue weighted by molar-refractivity contribution is -0.896. The third-order valence-corrected chi connectivity index (χ3v) is 6.45. The first kappa shape index (κ1) is 26.7. The molecule has 1 aliphatic heterocycles. The van der Waals surface area contributed by atoms with Gasteiger partial charge in [0.15, 0.2) is 11.6 Å². The maximum Gasteiger partial charge on any atom is 0.295 e. The number of hydrogen-bond acceptors (Lipinski definition) is 4. The van der Waals surface area contributed by atoms with E-state index in [4.69, 9.17) is 16.3 Å². The topological polar surface area (TPSA) is 74.1 Å². The molecule has 0 radical (unpaired) electrons. The number of nitrogens with zero attached hydrogens (tertiary/aromatic N) is 1. The standard InChI is InChI=1S/C27H32ClFN2O4/c1-5-30(6-2)14-7-15-31-24(18-8-11-20(28)12-9-18)23(26(33)27(31)34)25(32)19-10-13-22(21(29)16-19)35-17(3)4/h8-13,16-17,24,32H,5-7,14-15H2,1-4H3. The van der Waals surface area contributed by atoms with Crippen LogP contribution in [-0.4, -0.2) is 48.9 Å². The summed E-state index contributed by atoms with van der Waals surface area (Å²) in [5, 5.41) is 14.0. The molecular weight excluding hydrogens is 471 g/mol. The van der Waals surface area contributed by atoms with E-state index >= 15 is 0 Å². The Morgan fingerprint density at radius 1 is 1.14 bits per heavy atom. The number of likely N-dealkylation sites (tertiary alicyclic amines) is 1. The van der Waals surface area contributed by atoms with Crippen molar-refractivity contribution in [2.24, 2.45) is 0 Å². The van der Waals surface area contributed by atoms with Gasteiger partial charge in [-0.05, 0) is 63.1 Å². The summed E-state index contributed by atoms with van der Waals surface area (Å²) >= 11 is 6.05. The van der Waals surface area contributed by atoms with Crippen molar-refractivity contribution in [3.8, 4) is 5.75 Å². The van der Waals surface area contributed by atoms with Gasteiger partial charge in [-0.15, -0.1) is 0 Å². The molecule has 6 nitrogen and oxygen atoms in total. The summed E-state index contributed by atoms with van der Waals surface area (Å²) in [7, 11) is 0. The van der Waals surface area contributed by atoms with Crippen molar-refractivity contribution in [2.75, 3.05) is 26.2 Å². The van der Waals surface area contributed by atoms with Gasteiger partial charge in [-0.3, -0.25) is 9.59 Å². The third kappa shape index (κ3) is 6.03. The largest absolute Gasteiger partial charge is 0.872 e. The Labute approximate surface area is 210 Å². The van der Waals surface area contributed by atoms with Crippen LogP contribution in [0.4, 0.5) is 4.39 Å². The highest BCUT2D eigenvalue weighted by atomic mass is 35.5. The molecule has 1 aliphatic rings. The molecule has 2 aromatic carbocycles. The molecule has 1 atom stereocenters. The summed E-state index contributed by atoms with van der Waals surface area (Å²) < 4.78 is 20.0. The van der Waals surface area contributed by atoms with Crippen molar-refractivity contribution in [3.63, 3.8) is 0 Å². The Balaban J connectivity index is 2.03. The van der Waals surface area contributed by atoms with Crippen molar-refractivity contribution in [3.05, 3.63) is 70.0 Å². The van der Waals surface area contributed by atoms with Gasteiger partial charge < -0.3 is 19.6 Å². The predicted molar refractivity (Wildman–Crippen MR) is 132 cm³/mol. The Morgan fingerprint density at radius 2 is 1.80 bits per heavy atom. The molecule has 1 N–H and O–H groups in total. The van der Waals surface area contributed by atoms with E-state index in [2.05, 4.69) is 13.8 Å². The van der Waals surface area contributed by atoms with Gasteiger partial charge in [0.25, 0.3) is 5.91 Å². The second kappa shape index (κ2) is 11.7. The van der Waals surface area contributed by atoms with Gasteiger partial charge in [-0.25, -0.2) is 4.39 Å². The maximum atomic E-state index is 14.6. The van der Waals surface area contributed by atoms with E-state index in [1.54, 1.807) is 38.1 Å². The van der Waals surface area contributed by atoms with Crippen LogP contribution in [0.2, 0.25) is 5.02 Å². The van der Waals surface area contributed by atoms with Gasteiger partial charge >= 0.3 is 0 Å². The number of carbonyl (C=O) groups is 2. The highest BCUT2D eigenvalue weighted by molar-refractivity contribution is 6.46. The number of amides is 1. The number of hydrogen-bond donors (Lipinski definition) is 1. The molecule has 1 saturated heterocycles. The summed E-state index contributed by atoms with van der Waals surface area (Å²) in [6.45, 7) is 10.8. The van der Waals surface area contributed by atoms with E-state index in [1.807, 2.05) is 0 Å². The molecule has 1 fully saturated rings. The SMILES string of the molecule is CC[NH+](CC)CCCN1C(=O)C(=O)C(=C([O-])c2ccc(OC(C)C)c(F)c2)C1c1ccc(Cl)cc1. The number of ether oxygens (including phenoxy) is 1. The first-order valence-electron chi connectivity index (χ1n) is 12.0. The Morgan fingerprint density at radius 3 is 2.37 bits per heavy atom. The average molecular weight is 503 g/mol. The number of Topliss-reactive ketones (excluding diaryl/α,β-unsaturated/α-hetero) is 1. The van der Waals surface area contributed by atoms with Crippen LogP contribution in [0.5, 0.6) is 5.75 Å². The molecule has 35 heavy (non-hydrogen) atoms. The summed E-state index contributed by atoms with van der Waals surface area (Å²) in [5.41, 5.74) is 0.417. The van der Waals surface area contributed by atoms with E-state index in [-0.39, 0.29) is 23.0 Å². The normalized spacial score (nSPS) is 17.6. The van der Waals surface area contributed by atoms with Gasteiger partial charge in [0.05, 0.1) is 31.8 Å². The predicted octanol–water partition coefficient (Wildman–Crippen LogP) is 2.81. The second-order valence-corrected chi connectivity index (χ2v) is 9.33. The Kier molecular flexibility index (Phi) is 8.92. The molecule has 188 valence electrons. The lowest BCUT2D eigenvalue weighted by Crippen LogP contribution is -3.11. The number of benzene rings is 2. The number of carbonyl (C=O) groups excluding carboxylic acids is 2. The van der Waals surface area contributed by atoms with E-state index in [0.29, 0.717) is 23.6 Å². The summed E-state index contributed by atoms with van der Waals surface area (Å²) in [6, 6.07) is 9.69. The third-order valence-electron chi connectivity index (χ3n) is 6.20. The van der Waals surface area contributed by atoms with Gasteiger partial charge in [0, 0.05) is 23.6 Å². The smallest absolute Gasteiger partial charge is 0.295 e. The van der Waals surface area contributed by atoms with Crippen molar-refractivity contribution in [1.29, 1.82) is 0 Å². The van der Waals surface area contributed by atoms with Crippen LogP contribution in [0, 0.1) is 5.82 Å². The number of halogens is 2. The zero-order valence-electron chi connectivity index (χ0n) is 20.6. The van der Waals surface area contributed by atoms with E-state index < -0.39 is 29.3 Å². The summed E-state index contributed by atoms with van der Waals surface area (Å²) in [6.07, 6.45) is 0.438. The van der Waals surface area contributed by atoms with Crippen molar-refractivity contribution >= 4 is 29.1 Å². The molecule has 0 saturated carbocycles. The van der Waals surface area contributed by atoms with Crippen LogP contribution in [0.3, 0.4) is 0 Å². The molecule has 8 heteroatoms. The number of quaternary nitrogens is 1. The average Bonchev–Trinajstić information content (AvgIpc) is 3.08. The molecule has 1 amide bonds. The zero-order valence-corrected chi connectivity index (χ0v) is 21.3. The molecule has 2 aromatic rings. The lowest BCUT2D eigenvalue weighted by atomic mass is 9.95. The molecular formula is C27H32ClFN2O4. The number of nitrogens with one attached hydrogen (secondary N) is 1. The van der Waals surface area contributed by atoms with Crippen LogP contribution in [-0.2, 0) is 9.59 Å². The first-order valence-corrected chi connectivity index (χ1v) is 12.4. The molecule has 1 unspecified atom stereocenters. The molecule has 0 spiro atoms. The van der Waals surface area contributed by atoms with Crippen LogP contribution < -0.4 is 14.7 Å². The van der Waals surface area contributed by atoms with Crippen LogP contribution in [0.25, 0.3) is 5.76 Å². The van der Waals surface area contributed by atoms with Crippen molar-refractivity contribution < 1.29 is 28.7 Å². The van der Waals surface area contributed by atoms with Gasteiger partial charge in [-0.1, -0.05) is 35.6 Å². The summed E-state index contributed by atoms with van der Waals surface area (Å²) in [5.74, 6) is -2.93. The fourth-order valence-electron chi connectivity index (χ4n) is 4.34. The highest BCUT2D eigenvalue weighted by Crippen LogP contribution is 2.39. The second-order valence-electron chi connectivity index (χ2n) is 8.90. The van der Waals surface area contributed by atoms with E-state index in [1.165, 1.54) is 21.9 Å². The van der Waals surface area contributed by atoms with Crippen molar-refractivity contribution in [2.45, 2.75) is 46.3 Å². The highest BCUT2D eigenvalue weighted by Gasteiger charge is 2.44. The van der Waals surface area contributed by atoms with Crippen LogP contribution in [0.15, 0.2) is 48.0 Å².